The van der Waals surface area contributed by atoms with Gasteiger partial charge in [0, 0.05) is 36.8 Å². The predicted octanol–water partition coefficient (Wildman–Crippen LogP) is 6.02. The van der Waals surface area contributed by atoms with E-state index in [1.807, 2.05) is 0 Å². The van der Waals surface area contributed by atoms with Gasteiger partial charge in [-0.05, 0) is 31.0 Å². The number of amides is 1. The number of fused-ring (bicyclic) bond motifs is 3. The summed E-state index contributed by atoms with van der Waals surface area (Å²) in [6, 6.07) is 12.6. The third-order valence-electron chi connectivity index (χ3n) is 5.16. The number of rotatable bonds is 2. The molecule has 2 N–H and O–H groups in total. The fourth-order valence-corrected chi connectivity index (χ4v) is 5.55. The Hall–Kier alpha value is -2.38. The molecule has 1 saturated heterocycles. The number of hydrogen-bond donors (Lipinski definition) is 2. The number of hydrogen-bond acceptors (Lipinski definition) is 3. The van der Waals surface area contributed by atoms with E-state index in [2.05, 4.69) is 62.3 Å². The standard InChI is InChI=1S/C20H16BrN3O2S/c21-12-4-6-14-13-5-3-11(8-17(13)27-18(14)9-12)15-10-22-19(23-15)16-2-1-7-24(16)20(25)26/h3-6,8-10,16H,1-2,7H2,(H,22,23)(H,25,26). The zero-order valence-electron chi connectivity index (χ0n) is 14.3. The van der Waals surface area contributed by atoms with Gasteiger partial charge in [-0.3, -0.25) is 4.90 Å². The van der Waals surface area contributed by atoms with E-state index in [1.165, 1.54) is 25.1 Å². The molecule has 1 aliphatic rings. The zero-order chi connectivity index (χ0) is 18.5. The van der Waals surface area contributed by atoms with E-state index in [4.69, 9.17) is 0 Å². The number of carbonyl (C=O) groups is 1. The Bertz CT molecular complexity index is 1180. The fourth-order valence-electron chi connectivity index (χ4n) is 3.85. The molecular weight excluding hydrogens is 426 g/mol. The molecule has 0 bridgehead atoms. The Labute approximate surface area is 167 Å². The molecule has 0 saturated carbocycles. The van der Waals surface area contributed by atoms with Gasteiger partial charge in [-0.15, -0.1) is 11.3 Å². The summed E-state index contributed by atoms with van der Waals surface area (Å²) in [4.78, 5) is 20.7. The van der Waals surface area contributed by atoms with E-state index >= 15 is 0 Å². The fraction of sp³-hybridized carbons (Fsp3) is 0.200. The maximum Gasteiger partial charge on any atom is 0.407 e. The van der Waals surface area contributed by atoms with Crippen molar-refractivity contribution < 1.29 is 9.90 Å². The van der Waals surface area contributed by atoms with Gasteiger partial charge in [-0.25, -0.2) is 9.78 Å². The Morgan fingerprint density at radius 3 is 2.81 bits per heavy atom. The summed E-state index contributed by atoms with van der Waals surface area (Å²) >= 11 is 5.31. The predicted molar refractivity (Wildman–Crippen MR) is 111 cm³/mol. The molecule has 1 aliphatic heterocycles. The van der Waals surface area contributed by atoms with Crippen LogP contribution in [-0.2, 0) is 0 Å². The quantitative estimate of drug-likeness (QED) is 0.399. The van der Waals surface area contributed by atoms with Crippen LogP contribution in [0.2, 0.25) is 0 Å². The molecule has 1 atom stereocenters. The van der Waals surface area contributed by atoms with Gasteiger partial charge >= 0.3 is 6.09 Å². The average Bonchev–Trinajstić information content (AvgIpc) is 3.37. The summed E-state index contributed by atoms with van der Waals surface area (Å²) in [5.41, 5.74) is 1.98. The SMILES string of the molecule is O=C(O)N1CCCC1c1ncc(-c2ccc3c(c2)sc2cc(Br)ccc23)[nH]1. The molecule has 4 aromatic rings. The highest BCUT2D eigenvalue weighted by molar-refractivity contribution is 9.10. The molecule has 136 valence electrons. The lowest BCUT2D eigenvalue weighted by Crippen LogP contribution is -2.29. The molecule has 27 heavy (non-hydrogen) atoms. The minimum Gasteiger partial charge on any atom is -0.465 e. The first-order valence-electron chi connectivity index (χ1n) is 8.77. The number of carboxylic acid groups (broad SMARTS) is 1. The summed E-state index contributed by atoms with van der Waals surface area (Å²) in [5, 5.41) is 11.9. The molecular formula is C20H16BrN3O2S. The monoisotopic (exact) mass is 441 g/mol. The zero-order valence-corrected chi connectivity index (χ0v) is 16.7. The van der Waals surface area contributed by atoms with Crippen molar-refractivity contribution >= 4 is 53.5 Å². The lowest BCUT2D eigenvalue weighted by Gasteiger charge is -2.19. The Morgan fingerprint density at radius 2 is 2.00 bits per heavy atom. The van der Waals surface area contributed by atoms with Crippen molar-refractivity contribution in [1.82, 2.24) is 14.9 Å². The molecule has 3 heterocycles. The van der Waals surface area contributed by atoms with Crippen LogP contribution in [0, 0.1) is 0 Å². The summed E-state index contributed by atoms with van der Waals surface area (Å²) in [7, 11) is 0. The number of nitrogens with zero attached hydrogens (tertiary/aromatic N) is 2. The van der Waals surface area contributed by atoms with Crippen molar-refractivity contribution in [1.29, 1.82) is 0 Å². The molecule has 1 amide bonds. The molecule has 1 fully saturated rings. The molecule has 5 rings (SSSR count). The van der Waals surface area contributed by atoms with Crippen LogP contribution >= 0.6 is 27.3 Å². The largest absolute Gasteiger partial charge is 0.465 e. The first-order chi connectivity index (χ1) is 13.1. The number of thiophene rings is 1. The van der Waals surface area contributed by atoms with Crippen LogP contribution in [0.1, 0.15) is 24.7 Å². The highest BCUT2D eigenvalue weighted by atomic mass is 79.9. The average molecular weight is 442 g/mol. The molecule has 5 nitrogen and oxygen atoms in total. The molecule has 0 aliphatic carbocycles. The van der Waals surface area contributed by atoms with Gasteiger partial charge in [0.05, 0.1) is 17.9 Å². The number of aromatic amines is 1. The molecule has 0 radical (unpaired) electrons. The second-order valence-corrected chi connectivity index (χ2v) is 8.77. The lowest BCUT2D eigenvalue weighted by molar-refractivity contribution is 0.139. The van der Waals surface area contributed by atoms with Gasteiger partial charge in [0.25, 0.3) is 0 Å². The molecule has 0 spiro atoms. The van der Waals surface area contributed by atoms with E-state index in [0.29, 0.717) is 6.54 Å². The van der Waals surface area contributed by atoms with Crippen molar-refractivity contribution in [3.63, 3.8) is 0 Å². The number of likely N-dealkylation sites (tertiary alicyclic amines) is 1. The number of aromatic nitrogens is 2. The minimum atomic E-state index is -0.881. The Balaban J connectivity index is 1.53. The van der Waals surface area contributed by atoms with E-state index in [-0.39, 0.29) is 6.04 Å². The first-order valence-corrected chi connectivity index (χ1v) is 10.4. The molecule has 2 aromatic heterocycles. The van der Waals surface area contributed by atoms with E-state index < -0.39 is 6.09 Å². The second kappa shape index (κ2) is 6.35. The highest BCUT2D eigenvalue weighted by Crippen LogP contribution is 2.38. The Morgan fingerprint density at radius 1 is 1.22 bits per heavy atom. The lowest BCUT2D eigenvalue weighted by atomic mass is 10.1. The molecule has 2 aromatic carbocycles. The van der Waals surface area contributed by atoms with Crippen molar-refractivity contribution in [2.24, 2.45) is 0 Å². The summed E-state index contributed by atoms with van der Waals surface area (Å²) < 4.78 is 3.56. The summed E-state index contributed by atoms with van der Waals surface area (Å²) in [6.45, 7) is 0.569. The Kier molecular flexibility index (Phi) is 3.94. The van der Waals surface area contributed by atoms with Gasteiger partial charge in [0.15, 0.2) is 0 Å². The van der Waals surface area contributed by atoms with Crippen LogP contribution < -0.4 is 0 Å². The van der Waals surface area contributed by atoms with Crippen LogP contribution in [0.5, 0.6) is 0 Å². The van der Waals surface area contributed by atoms with Crippen molar-refractivity contribution in [2.75, 3.05) is 6.54 Å². The minimum absolute atomic E-state index is 0.179. The smallest absolute Gasteiger partial charge is 0.407 e. The summed E-state index contributed by atoms with van der Waals surface area (Å²) in [6.07, 6.45) is 2.60. The summed E-state index contributed by atoms with van der Waals surface area (Å²) in [5.74, 6) is 0.727. The van der Waals surface area contributed by atoms with Crippen molar-refractivity contribution in [3.8, 4) is 11.3 Å². The van der Waals surface area contributed by atoms with E-state index in [9.17, 15) is 9.90 Å². The normalized spacial score (nSPS) is 17.2. The van der Waals surface area contributed by atoms with Gasteiger partial charge in [-0.2, -0.15) is 0 Å². The van der Waals surface area contributed by atoms with E-state index in [1.54, 1.807) is 17.5 Å². The first kappa shape index (κ1) is 16.8. The number of nitrogens with one attached hydrogen (secondary N) is 1. The van der Waals surface area contributed by atoms with Crippen LogP contribution in [-0.4, -0.2) is 32.6 Å². The second-order valence-electron chi connectivity index (χ2n) is 6.77. The number of benzene rings is 2. The number of imidazole rings is 1. The van der Waals surface area contributed by atoms with Gasteiger partial charge in [0.2, 0.25) is 0 Å². The number of H-pyrrole nitrogens is 1. The number of halogens is 1. The van der Waals surface area contributed by atoms with Crippen LogP contribution in [0.25, 0.3) is 31.4 Å². The van der Waals surface area contributed by atoms with Crippen LogP contribution in [0.15, 0.2) is 47.1 Å². The molecule has 7 heteroatoms. The van der Waals surface area contributed by atoms with Gasteiger partial charge < -0.3 is 10.1 Å². The third kappa shape index (κ3) is 2.82. The topological polar surface area (TPSA) is 69.2 Å². The maximum atomic E-state index is 11.4. The van der Waals surface area contributed by atoms with E-state index in [0.717, 1.165) is 34.4 Å². The van der Waals surface area contributed by atoms with Gasteiger partial charge in [-0.1, -0.05) is 34.1 Å². The van der Waals surface area contributed by atoms with Crippen molar-refractivity contribution in [2.45, 2.75) is 18.9 Å². The van der Waals surface area contributed by atoms with Crippen LogP contribution in [0.4, 0.5) is 4.79 Å². The third-order valence-corrected chi connectivity index (χ3v) is 6.76. The van der Waals surface area contributed by atoms with Gasteiger partial charge in [0.1, 0.15) is 5.82 Å². The van der Waals surface area contributed by atoms with Crippen LogP contribution in [0.3, 0.4) is 0 Å². The highest BCUT2D eigenvalue weighted by Gasteiger charge is 2.31. The maximum absolute atomic E-state index is 11.4. The molecule has 1 unspecified atom stereocenters. The van der Waals surface area contributed by atoms with Crippen molar-refractivity contribution in [3.05, 3.63) is 52.9 Å².